The molecule has 0 atom stereocenters. The van der Waals surface area contributed by atoms with Crippen molar-refractivity contribution in [3.8, 4) is 11.1 Å². The smallest absolute Gasteiger partial charge is 0.147 e. The van der Waals surface area contributed by atoms with E-state index in [1.165, 1.54) is 22.3 Å². The van der Waals surface area contributed by atoms with Gasteiger partial charge in [0.05, 0.1) is 5.69 Å². The molecule has 0 aliphatic carbocycles. The lowest BCUT2D eigenvalue weighted by molar-refractivity contribution is 0.807. The molecule has 0 saturated heterocycles. The highest BCUT2D eigenvalue weighted by Gasteiger charge is 2.20. The third kappa shape index (κ3) is 3.34. The van der Waals surface area contributed by atoms with Crippen LogP contribution in [0.25, 0.3) is 11.1 Å². The van der Waals surface area contributed by atoms with Gasteiger partial charge in [0.1, 0.15) is 5.82 Å². The third-order valence-corrected chi connectivity index (χ3v) is 4.42. The molecular weight excluding hydrogens is 282 g/mol. The first-order chi connectivity index (χ1) is 10.7. The molecule has 0 saturated carbocycles. The first-order valence-corrected chi connectivity index (χ1v) is 8.42. The van der Waals surface area contributed by atoms with Crippen molar-refractivity contribution in [1.29, 1.82) is 0 Å². The molecule has 0 bridgehead atoms. The Bertz CT molecular complexity index is 671. The maximum atomic E-state index is 6.26. The number of hydrogen-bond acceptors (Lipinski definition) is 3. The maximum absolute atomic E-state index is 6.26. The Morgan fingerprint density at radius 1 is 0.826 bits per heavy atom. The van der Waals surface area contributed by atoms with Gasteiger partial charge >= 0.3 is 0 Å². The van der Waals surface area contributed by atoms with Gasteiger partial charge in [-0.2, -0.15) is 0 Å². The van der Waals surface area contributed by atoms with Gasteiger partial charge in [0.25, 0.3) is 0 Å². The summed E-state index contributed by atoms with van der Waals surface area (Å²) in [7, 11) is 0. The molecule has 3 nitrogen and oxygen atoms in total. The quantitative estimate of drug-likeness (QED) is 0.807. The summed E-state index contributed by atoms with van der Waals surface area (Å²) in [6, 6.07) is 6.63. The van der Waals surface area contributed by atoms with Crippen LogP contribution in [0.15, 0.2) is 24.4 Å². The highest BCUT2D eigenvalue weighted by atomic mass is 14.9. The number of anilines is 2. The summed E-state index contributed by atoms with van der Waals surface area (Å²) in [5.41, 5.74) is 19.1. The van der Waals surface area contributed by atoms with Crippen LogP contribution >= 0.6 is 0 Å². The van der Waals surface area contributed by atoms with E-state index in [4.69, 9.17) is 11.5 Å². The van der Waals surface area contributed by atoms with E-state index in [0.29, 0.717) is 29.3 Å². The van der Waals surface area contributed by atoms with E-state index < -0.39 is 0 Å². The Morgan fingerprint density at radius 2 is 1.35 bits per heavy atom. The van der Waals surface area contributed by atoms with Gasteiger partial charge in [-0.15, -0.1) is 0 Å². The number of pyridine rings is 1. The first-order valence-electron chi connectivity index (χ1n) is 8.42. The van der Waals surface area contributed by atoms with Crippen molar-refractivity contribution >= 4 is 11.5 Å². The highest BCUT2D eigenvalue weighted by molar-refractivity contribution is 5.86. The Labute approximate surface area is 140 Å². The fourth-order valence-electron chi connectivity index (χ4n) is 2.97. The number of rotatable bonds is 4. The molecule has 4 N–H and O–H groups in total. The highest BCUT2D eigenvalue weighted by Crippen LogP contribution is 2.41. The third-order valence-electron chi connectivity index (χ3n) is 4.42. The molecule has 3 heteroatoms. The van der Waals surface area contributed by atoms with Gasteiger partial charge in [0, 0.05) is 11.8 Å². The molecule has 2 aromatic rings. The van der Waals surface area contributed by atoms with Crippen molar-refractivity contribution in [3.05, 3.63) is 41.1 Å². The van der Waals surface area contributed by atoms with E-state index in [-0.39, 0.29) is 0 Å². The van der Waals surface area contributed by atoms with E-state index in [1.807, 2.05) is 6.07 Å². The van der Waals surface area contributed by atoms with E-state index in [0.717, 1.165) is 5.56 Å². The van der Waals surface area contributed by atoms with Crippen LogP contribution in [0.3, 0.4) is 0 Å². The summed E-state index contributed by atoms with van der Waals surface area (Å²) < 4.78 is 0. The minimum absolute atomic E-state index is 0.403. The average Bonchev–Trinajstić information content (AvgIpc) is 2.48. The van der Waals surface area contributed by atoms with Crippen LogP contribution < -0.4 is 11.5 Å². The number of benzene rings is 1. The van der Waals surface area contributed by atoms with Crippen LogP contribution in [-0.4, -0.2) is 4.98 Å². The van der Waals surface area contributed by atoms with Gasteiger partial charge in [-0.3, -0.25) is 0 Å². The summed E-state index contributed by atoms with van der Waals surface area (Å²) in [4.78, 5) is 4.11. The zero-order valence-corrected chi connectivity index (χ0v) is 15.1. The number of hydrogen-bond donors (Lipinski definition) is 2. The molecule has 0 unspecified atom stereocenters. The normalized spacial score (nSPS) is 11.7. The van der Waals surface area contributed by atoms with E-state index in [2.05, 4.69) is 58.7 Å². The van der Waals surface area contributed by atoms with Crippen LogP contribution in [0.1, 0.15) is 76.0 Å². The second kappa shape index (κ2) is 6.61. The first kappa shape index (κ1) is 17.3. The van der Waals surface area contributed by atoms with Crippen molar-refractivity contribution in [2.24, 2.45) is 0 Å². The number of nitrogen functional groups attached to an aromatic ring is 2. The predicted octanol–water partition coefficient (Wildman–Crippen LogP) is 5.28. The van der Waals surface area contributed by atoms with Gasteiger partial charge in [-0.05, 0) is 46.1 Å². The molecule has 23 heavy (non-hydrogen) atoms. The molecule has 1 heterocycles. The SMILES string of the molecule is CC(C)c1cc(C(C)C)c(-c2ccnc(N)c2N)c(C(C)C)c1. The van der Waals surface area contributed by atoms with Crippen LogP contribution in [-0.2, 0) is 0 Å². The van der Waals surface area contributed by atoms with Crippen LogP contribution in [0.5, 0.6) is 0 Å². The summed E-state index contributed by atoms with van der Waals surface area (Å²) in [6.07, 6.45) is 1.74. The fraction of sp³-hybridized carbons (Fsp3) is 0.450. The van der Waals surface area contributed by atoms with Gasteiger partial charge in [-0.25, -0.2) is 4.98 Å². The van der Waals surface area contributed by atoms with Crippen molar-refractivity contribution in [3.63, 3.8) is 0 Å². The van der Waals surface area contributed by atoms with Gasteiger partial charge in [0.15, 0.2) is 0 Å². The Kier molecular flexibility index (Phi) is 4.98. The summed E-state index contributed by atoms with van der Waals surface area (Å²) in [5, 5.41) is 0. The number of nitrogens with zero attached hydrogens (tertiary/aromatic N) is 1. The Hall–Kier alpha value is -2.03. The minimum Gasteiger partial charge on any atom is -0.395 e. The molecule has 0 radical (unpaired) electrons. The van der Waals surface area contributed by atoms with Crippen LogP contribution in [0.4, 0.5) is 11.5 Å². The largest absolute Gasteiger partial charge is 0.395 e. The van der Waals surface area contributed by atoms with Gasteiger partial charge < -0.3 is 11.5 Å². The Balaban J connectivity index is 2.87. The standard InChI is InChI=1S/C20H29N3/c1-11(2)14-9-16(12(3)4)18(17(10-14)13(5)6)15-7-8-23-20(22)19(15)21/h7-13H,21H2,1-6H3,(H2,22,23). The molecule has 2 rings (SSSR count). The zero-order chi connectivity index (χ0) is 17.3. The number of aromatic nitrogens is 1. The average molecular weight is 311 g/mol. The fourth-order valence-corrected chi connectivity index (χ4v) is 2.97. The van der Waals surface area contributed by atoms with E-state index in [1.54, 1.807) is 6.20 Å². The van der Waals surface area contributed by atoms with Crippen LogP contribution in [0, 0.1) is 0 Å². The van der Waals surface area contributed by atoms with Gasteiger partial charge in [0.2, 0.25) is 0 Å². The van der Waals surface area contributed by atoms with Crippen molar-refractivity contribution in [2.75, 3.05) is 11.5 Å². The second-order valence-corrected chi connectivity index (χ2v) is 7.20. The lowest BCUT2D eigenvalue weighted by Gasteiger charge is -2.24. The lowest BCUT2D eigenvalue weighted by atomic mass is 9.81. The Morgan fingerprint density at radius 3 is 1.78 bits per heavy atom. The number of nitrogens with two attached hydrogens (primary N) is 2. The van der Waals surface area contributed by atoms with Gasteiger partial charge in [-0.1, -0.05) is 53.7 Å². The zero-order valence-electron chi connectivity index (χ0n) is 15.1. The summed E-state index contributed by atoms with van der Waals surface area (Å²) >= 11 is 0. The molecule has 0 aliphatic rings. The topological polar surface area (TPSA) is 64.9 Å². The molecule has 0 spiro atoms. The van der Waals surface area contributed by atoms with E-state index in [9.17, 15) is 0 Å². The second-order valence-electron chi connectivity index (χ2n) is 7.20. The minimum atomic E-state index is 0.403. The molecule has 0 fully saturated rings. The monoisotopic (exact) mass is 311 g/mol. The van der Waals surface area contributed by atoms with Crippen molar-refractivity contribution in [2.45, 2.75) is 59.3 Å². The summed E-state index contributed by atoms with van der Waals surface area (Å²) in [5.74, 6) is 1.73. The summed E-state index contributed by atoms with van der Waals surface area (Å²) in [6.45, 7) is 13.4. The molecule has 124 valence electrons. The van der Waals surface area contributed by atoms with Crippen LogP contribution in [0.2, 0.25) is 0 Å². The molecule has 1 aromatic heterocycles. The maximum Gasteiger partial charge on any atom is 0.147 e. The van der Waals surface area contributed by atoms with E-state index >= 15 is 0 Å². The molecular formula is C20H29N3. The predicted molar refractivity (Wildman–Crippen MR) is 101 cm³/mol. The van der Waals surface area contributed by atoms with Crippen molar-refractivity contribution in [1.82, 2.24) is 4.98 Å². The lowest BCUT2D eigenvalue weighted by Crippen LogP contribution is -2.06. The molecule has 1 aromatic carbocycles. The molecule has 0 amide bonds. The molecule has 0 aliphatic heterocycles. The van der Waals surface area contributed by atoms with Crippen molar-refractivity contribution < 1.29 is 0 Å².